The smallest absolute Gasteiger partial charge is 0.257 e. The Morgan fingerprint density at radius 3 is 2.48 bits per heavy atom. The molecule has 6 nitrogen and oxygen atoms in total. The van der Waals surface area contributed by atoms with Crippen molar-refractivity contribution in [2.75, 3.05) is 11.1 Å². The van der Waals surface area contributed by atoms with E-state index in [0.29, 0.717) is 16.9 Å². The molecule has 2 rings (SSSR count). The fraction of sp³-hybridized carbons (Fsp3) is 0. The number of halogens is 1. The summed E-state index contributed by atoms with van der Waals surface area (Å²) in [5.41, 5.74) is 6.68. The summed E-state index contributed by atoms with van der Waals surface area (Å²) in [5.74, 6) is -0.438. The Balaban J connectivity index is 2.28. The molecule has 0 heterocycles. The van der Waals surface area contributed by atoms with E-state index in [4.69, 9.17) is 10.9 Å². The normalized spacial score (nSPS) is 11.1. The van der Waals surface area contributed by atoms with Gasteiger partial charge in [-0.05, 0) is 36.4 Å². The van der Waals surface area contributed by atoms with Gasteiger partial charge in [0.25, 0.3) is 5.91 Å². The number of benzene rings is 2. The molecule has 0 atom stereocenters. The third kappa shape index (κ3) is 3.81. The standard InChI is InChI=1S/C13H12BrN3O3S/c14-8-4-5-11(12(15)6-8)13(18)17-9-2-1-3-10(7-9)21(16,19)20/h1-7H,15H2,(H,17,18)(H2,16,19,20). The molecule has 2 aromatic rings. The maximum absolute atomic E-state index is 12.1. The van der Waals surface area contributed by atoms with Crippen molar-refractivity contribution in [1.29, 1.82) is 0 Å². The third-order valence-electron chi connectivity index (χ3n) is 2.68. The number of carbonyl (C=O) groups is 1. The van der Waals surface area contributed by atoms with Gasteiger partial charge in [-0.2, -0.15) is 0 Å². The minimum atomic E-state index is -3.82. The van der Waals surface area contributed by atoms with Crippen LogP contribution in [-0.4, -0.2) is 14.3 Å². The number of sulfonamides is 1. The molecule has 0 unspecified atom stereocenters. The van der Waals surface area contributed by atoms with Gasteiger partial charge in [0.05, 0.1) is 10.5 Å². The highest BCUT2D eigenvalue weighted by molar-refractivity contribution is 9.10. The maximum atomic E-state index is 12.1. The van der Waals surface area contributed by atoms with Crippen LogP contribution in [0.4, 0.5) is 11.4 Å². The lowest BCUT2D eigenvalue weighted by atomic mass is 10.1. The van der Waals surface area contributed by atoms with E-state index >= 15 is 0 Å². The summed E-state index contributed by atoms with van der Waals surface area (Å²) in [6.45, 7) is 0. The van der Waals surface area contributed by atoms with Gasteiger partial charge in [0.1, 0.15) is 0 Å². The fourth-order valence-corrected chi connectivity index (χ4v) is 2.63. The van der Waals surface area contributed by atoms with Gasteiger partial charge in [0, 0.05) is 15.8 Å². The highest BCUT2D eigenvalue weighted by Gasteiger charge is 2.12. The van der Waals surface area contributed by atoms with Crippen LogP contribution in [0.3, 0.4) is 0 Å². The predicted octanol–water partition coefficient (Wildman–Crippen LogP) is 1.93. The van der Waals surface area contributed by atoms with Crippen LogP contribution in [0.15, 0.2) is 51.8 Å². The Morgan fingerprint density at radius 2 is 1.86 bits per heavy atom. The highest BCUT2D eigenvalue weighted by Crippen LogP contribution is 2.20. The second kappa shape index (κ2) is 5.84. The van der Waals surface area contributed by atoms with E-state index in [1.807, 2.05) is 0 Å². The van der Waals surface area contributed by atoms with Crippen LogP contribution >= 0.6 is 15.9 Å². The zero-order valence-corrected chi connectivity index (χ0v) is 13.1. The van der Waals surface area contributed by atoms with Crippen molar-refractivity contribution in [3.8, 4) is 0 Å². The largest absolute Gasteiger partial charge is 0.398 e. The molecule has 0 fully saturated rings. The van der Waals surface area contributed by atoms with Crippen LogP contribution in [0, 0.1) is 0 Å². The number of nitrogens with one attached hydrogen (secondary N) is 1. The zero-order chi connectivity index (χ0) is 15.6. The van der Waals surface area contributed by atoms with Crippen molar-refractivity contribution in [3.05, 3.63) is 52.5 Å². The Labute approximate surface area is 130 Å². The average molecular weight is 370 g/mol. The topological polar surface area (TPSA) is 115 Å². The van der Waals surface area contributed by atoms with Gasteiger partial charge in [-0.3, -0.25) is 4.79 Å². The number of hydrogen-bond acceptors (Lipinski definition) is 4. The van der Waals surface area contributed by atoms with Gasteiger partial charge < -0.3 is 11.1 Å². The molecule has 0 aliphatic carbocycles. The monoisotopic (exact) mass is 369 g/mol. The Morgan fingerprint density at radius 1 is 1.14 bits per heavy atom. The van der Waals surface area contributed by atoms with Crippen molar-refractivity contribution in [2.45, 2.75) is 4.90 Å². The molecule has 5 N–H and O–H groups in total. The molecule has 2 aromatic carbocycles. The number of nitrogens with two attached hydrogens (primary N) is 2. The van der Waals surface area contributed by atoms with Crippen molar-refractivity contribution in [1.82, 2.24) is 0 Å². The lowest BCUT2D eigenvalue weighted by Crippen LogP contribution is -2.15. The number of rotatable bonds is 3. The molecule has 0 saturated carbocycles. The van der Waals surface area contributed by atoms with Gasteiger partial charge in [-0.1, -0.05) is 22.0 Å². The maximum Gasteiger partial charge on any atom is 0.257 e. The quantitative estimate of drug-likeness (QED) is 0.716. The van der Waals surface area contributed by atoms with Gasteiger partial charge >= 0.3 is 0 Å². The van der Waals surface area contributed by atoms with E-state index in [0.717, 1.165) is 4.47 Å². The number of nitrogen functional groups attached to an aromatic ring is 1. The predicted molar refractivity (Wildman–Crippen MR) is 84.3 cm³/mol. The van der Waals surface area contributed by atoms with Gasteiger partial charge in [0.15, 0.2) is 0 Å². The number of carbonyl (C=O) groups excluding carboxylic acids is 1. The first-order chi connectivity index (χ1) is 9.77. The second-order valence-corrected chi connectivity index (χ2v) is 6.74. The molecule has 0 saturated heterocycles. The fourth-order valence-electron chi connectivity index (χ4n) is 1.69. The molecule has 21 heavy (non-hydrogen) atoms. The summed E-state index contributed by atoms with van der Waals surface area (Å²) in [6, 6.07) is 10.5. The van der Waals surface area contributed by atoms with Crippen molar-refractivity contribution in [2.24, 2.45) is 5.14 Å². The summed E-state index contributed by atoms with van der Waals surface area (Å²) < 4.78 is 23.3. The van der Waals surface area contributed by atoms with Gasteiger partial charge in [0.2, 0.25) is 10.0 Å². The molecule has 0 aliphatic rings. The number of primary sulfonamides is 1. The molecular weight excluding hydrogens is 358 g/mol. The molecular formula is C13H12BrN3O3S. The number of anilines is 2. The lowest BCUT2D eigenvalue weighted by molar-refractivity contribution is 0.102. The SMILES string of the molecule is Nc1cc(Br)ccc1C(=O)Nc1cccc(S(N)(=O)=O)c1. The van der Waals surface area contributed by atoms with E-state index in [1.54, 1.807) is 24.3 Å². The summed E-state index contributed by atoms with van der Waals surface area (Å²) >= 11 is 3.25. The van der Waals surface area contributed by atoms with Crippen LogP contribution in [0.25, 0.3) is 0 Å². The first-order valence-corrected chi connectivity index (χ1v) is 8.10. The average Bonchev–Trinajstić information content (AvgIpc) is 2.37. The minimum Gasteiger partial charge on any atom is -0.398 e. The Bertz CT molecular complexity index is 806. The Hall–Kier alpha value is -1.90. The molecule has 0 aromatic heterocycles. The van der Waals surface area contributed by atoms with E-state index in [-0.39, 0.29) is 4.90 Å². The minimum absolute atomic E-state index is 0.0796. The van der Waals surface area contributed by atoms with Crippen LogP contribution in [0.2, 0.25) is 0 Å². The van der Waals surface area contributed by atoms with Crippen molar-refractivity contribution < 1.29 is 13.2 Å². The summed E-state index contributed by atoms with van der Waals surface area (Å²) in [7, 11) is -3.82. The highest BCUT2D eigenvalue weighted by atomic mass is 79.9. The summed E-state index contributed by atoms with van der Waals surface area (Å²) in [5, 5.41) is 7.62. The molecule has 1 amide bonds. The molecule has 110 valence electrons. The zero-order valence-electron chi connectivity index (χ0n) is 10.7. The van der Waals surface area contributed by atoms with Crippen molar-refractivity contribution in [3.63, 3.8) is 0 Å². The third-order valence-corrected chi connectivity index (χ3v) is 4.08. The summed E-state index contributed by atoms with van der Waals surface area (Å²) in [6.07, 6.45) is 0. The van der Waals surface area contributed by atoms with Gasteiger partial charge in [-0.25, -0.2) is 13.6 Å². The first-order valence-electron chi connectivity index (χ1n) is 5.76. The summed E-state index contributed by atoms with van der Waals surface area (Å²) in [4.78, 5) is 12.0. The van der Waals surface area contributed by atoms with Crippen LogP contribution in [0.5, 0.6) is 0 Å². The van der Waals surface area contributed by atoms with Crippen molar-refractivity contribution >= 4 is 43.2 Å². The van der Waals surface area contributed by atoms with Crippen LogP contribution < -0.4 is 16.2 Å². The Kier molecular flexibility index (Phi) is 4.31. The second-order valence-electron chi connectivity index (χ2n) is 4.26. The van der Waals surface area contributed by atoms with E-state index < -0.39 is 15.9 Å². The number of amides is 1. The van der Waals surface area contributed by atoms with E-state index in [2.05, 4.69) is 21.2 Å². The molecule has 8 heteroatoms. The number of hydrogen-bond donors (Lipinski definition) is 3. The lowest BCUT2D eigenvalue weighted by Gasteiger charge is -2.09. The molecule has 0 spiro atoms. The van der Waals surface area contributed by atoms with Crippen LogP contribution in [0.1, 0.15) is 10.4 Å². The van der Waals surface area contributed by atoms with E-state index in [1.165, 1.54) is 18.2 Å². The molecule has 0 bridgehead atoms. The first kappa shape index (κ1) is 15.5. The molecule has 0 radical (unpaired) electrons. The van der Waals surface area contributed by atoms with Gasteiger partial charge in [-0.15, -0.1) is 0 Å². The van der Waals surface area contributed by atoms with Crippen LogP contribution in [-0.2, 0) is 10.0 Å². The van der Waals surface area contributed by atoms with E-state index in [9.17, 15) is 13.2 Å². The molecule has 0 aliphatic heterocycles.